The lowest BCUT2D eigenvalue weighted by Crippen LogP contribution is -2.19. The Morgan fingerprint density at radius 3 is 2.79 bits per heavy atom. The minimum Gasteiger partial charge on any atom is -0.493 e. The number of ether oxygens (including phenoxy) is 2. The fraction of sp³-hybridized carbons (Fsp3) is 0.143. The van der Waals surface area contributed by atoms with Crippen LogP contribution in [0.3, 0.4) is 0 Å². The largest absolute Gasteiger partial charge is 0.493 e. The first-order chi connectivity index (χ1) is 11.4. The molecule has 24 heavy (non-hydrogen) atoms. The summed E-state index contributed by atoms with van der Waals surface area (Å²) in [6, 6.07) is 2.93. The van der Waals surface area contributed by atoms with E-state index >= 15 is 0 Å². The molecule has 1 aromatic carbocycles. The number of nitrogens with one attached hydrogen (secondary N) is 1. The molecule has 1 aliphatic rings. The van der Waals surface area contributed by atoms with Gasteiger partial charge in [0.2, 0.25) is 0 Å². The molecule has 1 aliphatic heterocycles. The van der Waals surface area contributed by atoms with Crippen molar-refractivity contribution in [1.29, 1.82) is 0 Å². The van der Waals surface area contributed by atoms with Gasteiger partial charge in [0, 0.05) is 6.08 Å². The summed E-state index contributed by atoms with van der Waals surface area (Å²) < 4.78 is 23.7. The van der Waals surface area contributed by atoms with Crippen molar-refractivity contribution in [1.82, 2.24) is 5.32 Å². The van der Waals surface area contributed by atoms with Crippen LogP contribution in [0.5, 0.6) is 5.75 Å². The lowest BCUT2D eigenvalue weighted by molar-refractivity contribution is -0.135. The highest BCUT2D eigenvalue weighted by atomic mass is 127. The van der Waals surface area contributed by atoms with Gasteiger partial charge in [-0.3, -0.25) is 10.1 Å². The Kier molecular flexibility index (Phi) is 6.31. The third-order valence-corrected chi connectivity index (χ3v) is 4.38. The molecular formula is C14H11FIN3O4S. The number of carbonyl (C=O) groups is 2. The van der Waals surface area contributed by atoms with Gasteiger partial charge in [0.05, 0.1) is 28.9 Å². The molecule has 0 aliphatic carbocycles. The highest BCUT2D eigenvalue weighted by Crippen LogP contribution is 2.25. The Labute approximate surface area is 154 Å². The molecular weight excluding hydrogens is 452 g/mol. The van der Waals surface area contributed by atoms with Crippen LogP contribution in [0.25, 0.3) is 0 Å². The third kappa shape index (κ3) is 4.54. The molecule has 1 N–H and O–H groups in total. The summed E-state index contributed by atoms with van der Waals surface area (Å²) >= 11 is 2.90. The van der Waals surface area contributed by atoms with Gasteiger partial charge in [-0.1, -0.05) is 0 Å². The summed E-state index contributed by atoms with van der Waals surface area (Å²) in [6.07, 6.45) is 2.40. The molecule has 1 heterocycles. The number of halogens is 2. The summed E-state index contributed by atoms with van der Waals surface area (Å²) in [5, 5.41) is 10.3. The molecule has 0 aromatic heterocycles. The van der Waals surface area contributed by atoms with Gasteiger partial charge in [-0.25, -0.2) is 9.18 Å². The van der Waals surface area contributed by atoms with Crippen molar-refractivity contribution >= 4 is 57.6 Å². The summed E-state index contributed by atoms with van der Waals surface area (Å²) in [6.45, 7) is 0. The van der Waals surface area contributed by atoms with Crippen molar-refractivity contribution in [3.8, 4) is 5.75 Å². The Morgan fingerprint density at radius 2 is 2.17 bits per heavy atom. The standard InChI is InChI=1S/C14H11FIN3O4S/c1-22-11(20)5-10-13(21)18-14(24-10)19-17-6-7-3-8(15)12(23-2)9(16)4-7/h3-6H,1-2H3,(H,18,19,21)/b10-5+,17-6?. The maximum absolute atomic E-state index is 13.8. The van der Waals surface area contributed by atoms with E-state index in [2.05, 4.69) is 20.3 Å². The van der Waals surface area contributed by atoms with Gasteiger partial charge < -0.3 is 9.47 Å². The molecule has 1 amide bonds. The maximum Gasteiger partial charge on any atom is 0.331 e. The number of carbonyl (C=O) groups excluding carboxylic acids is 2. The number of benzene rings is 1. The van der Waals surface area contributed by atoms with Crippen LogP contribution in [0.15, 0.2) is 33.3 Å². The zero-order chi connectivity index (χ0) is 17.7. The molecule has 1 saturated heterocycles. The predicted molar refractivity (Wildman–Crippen MR) is 96.5 cm³/mol. The number of nitrogens with zero attached hydrogens (tertiary/aromatic N) is 2. The van der Waals surface area contributed by atoms with Crippen molar-refractivity contribution in [2.75, 3.05) is 14.2 Å². The van der Waals surface area contributed by atoms with Crippen molar-refractivity contribution in [2.24, 2.45) is 10.2 Å². The van der Waals surface area contributed by atoms with Crippen molar-refractivity contribution in [3.63, 3.8) is 0 Å². The van der Waals surface area contributed by atoms with E-state index < -0.39 is 17.7 Å². The number of hydrogen-bond acceptors (Lipinski definition) is 7. The van der Waals surface area contributed by atoms with Crippen LogP contribution in [0.4, 0.5) is 4.39 Å². The second-order valence-electron chi connectivity index (χ2n) is 4.26. The molecule has 1 fully saturated rings. The summed E-state index contributed by atoms with van der Waals surface area (Å²) in [5.74, 6) is -1.45. The van der Waals surface area contributed by atoms with Gasteiger partial charge in [0.15, 0.2) is 16.7 Å². The Morgan fingerprint density at radius 1 is 1.42 bits per heavy atom. The lowest BCUT2D eigenvalue weighted by atomic mass is 10.2. The number of amides is 1. The van der Waals surface area contributed by atoms with E-state index in [4.69, 9.17) is 4.74 Å². The molecule has 0 bridgehead atoms. The normalized spacial score (nSPS) is 17.6. The van der Waals surface area contributed by atoms with E-state index in [0.717, 1.165) is 17.8 Å². The fourth-order valence-corrected chi connectivity index (χ4v) is 3.21. The van der Waals surface area contributed by atoms with E-state index in [0.29, 0.717) is 9.13 Å². The van der Waals surface area contributed by atoms with E-state index in [1.54, 1.807) is 6.07 Å². The molecule has 0 unspecified atom stereocenters. The first-order valence-corrected chi connectivity index (χ1v) is 8.27. The van der Waals surface area contributed by atoms with Crippen LogP contribution in [0.1, 0.15) is 5.56 Å². The van der Waals surface area contributed by atoms with Gasteiger partial charge >= 0.3 is 5.97 Å². The molecule has 126 valence electrons. The topological polar surface area (TPSA) is 89.3 Å². The molecule has 1 aromatic rings. The third-order valence-electron chi connectivity index (χ3n) is 2.68. The molecule has 10 heteroatoms. The predicted octanol–water partition coefficient (Wildman–Crippen LogP) is 2.05. The van der Waals surface area contributed by atoms with Crippen LogP contribution in [-0.4, -0.2) is 37.5 Å². The van der Waals surface area contributed by atoms with E-state index in [1.165, 1.54) is 26.5 Å². The van der Waals surface area contributed by atoms with Crippen LogP contribution in [0.2, 0.25) is 0 Å². The van der Waals surface area contributed by atoms with E-state index in [1.807, 2.05) is 22.6 Å². The van der Waals surface area contributed by atoms with Crippen LogP contribution in [0, 0.1) is 9.39 Å². The highest BCUT2D eigenvalue weighted by molar-refractivity contribution is 14.1. The van der Waals surface area contributed by atoms with Crippen LogP contribution in [-0.2, 0) is 14.3 Å². The molecule has 0 saturated carbocycles. The average Bonchev–Trinajstić information content (AvgIpc) is 2.87. The zero-order valence-corrected chi connectivity index (χ0v) is 15.5. The fourth-order valence-electron chi connectivity index (χ4n) is 1.64. The van der Waals surface area contributed by atoms with E-state index in [9.17, 15) is 14.0 Å². The monoisotopic (exact) mass is 463 g/mol. The number of hydrogen-bond donors (Lipinski definition) is 1. The van der Waals surface area contributed by atoms with Crippen LogP contribution < -0.4 is 10.1 Å². The maximum atomic E-state index is 13.8. The number of amidine groups is 1. The highest BCUT2D eigenvalue weighted by Gasteiger charge is 2.25. The van der Waals surface area contributed by atoms with E-state index in [-0.39, 0.29) is 15.8 Å². The SMILES string of the molecule is COC(=O)/C=C1/S/C(=N\N=Cc2cc(F)c(OC)c(I)c2)NC1=O. The van der Waals surface area contributed by atoms with Crippen molar-refractivity contribution in [2.45, 2.75) is 0 Å². The number of rotatable bonds is 4. The quantitative estimate of drug-likeness (QED) is 0.243. The lowest BCUT2D eigenvalue weighted by Gasteiger charge is -2.05. The molecule has 0 atom stereocenters. The van der Waals surface area contributed by atoms with Gasteiger partial charge in [-0.2, -0.15) is 5.10 Å². The second-order valence-corrected chi connectivity index (χ2v) is 6.45. The Bertz CT molecular complexity index is 756. The summed E-state index contributed by atoms with van der Waals surface area (Å²) in [5.41, 5.74) is 0.488. The first kappa shape index (κ1) is 18.4. The van der Waals surface area contributed by atoms with Gasteiger partial charge in [-0.15, -0.1) is 5.10 Å². The molecule has 2 rings (SSSR count). The number of esters is 1. The first-order valence-electron chi connectivity index (χ1n) is 6.37. The van der Waals surface area contributed by atoms with Crippen molar-refractivity contribution in [3.05, 3.63) is 38.1 Å². The second kappa shape index (κ2) is 8.24. The van der Waals surface area contributed by atoms with Gasteiger partial charge in [0.25, 0.3) is 5.91 Å². The number of methoxy groups -OCH3 is 2. The average molecular weight is 463 g/mol. The molecule has 0 spiro atoms. The van der Waals surface area contributed by atoms with Gasteiger partial charge in [0.1, 0.15) is 0 Å². The Balaban J connectivity index is 2.12. The van der Waals surface area contributed by atoms with Gasteiger partial charge in [-0.05, 0) is 52.0 Å². The Hall–Kier alpha value is -1.95. The minimum absolute atomic E-state index is 0.154. The smallest absolute Gasteiger partial charge is 0.331 e. The zero-order valence-electron chi connectivity index (χ0n) is 12.5. The van der Waals surface area contributed by atoms with Crippen molar-refractivity contribution < 1.29 is 23.5 Å². The summed E-state index contributed by atoms with van der Waals surface area (Å²) in [4.78, 5) is 22.9. The number of thioether (sulfide) groups is 1. The minimum atomic E-state index is -0.638. The molecule has 7 nitrogen and oxygen atoms in total. The summed E-state index contributed by atoms with van der Waals surface area (Å²) in [7, 11) is 2.60. The molecule has 0 radical (unpaired) electrons. The van der Waals surface area contributed by atoms with Crippen LogP contribution >= 0.6 is 34.4 Å².